The lowest BCUT2D eigenvalue weighted by molar-refractivity contribution is -0.114. The molecule has 4 heterocycles. The minimum atomic E-state index is -0.291. The van der Waals surface area contributed by atoms with Gasteiger partial charge in [-0.15, -0.1) is 0 Å². The first-order valence-electron chi connectivity index (χ1n) is 11.4. The van der Waals surface area contributed by atoms with Gasteiger partial charge in [0.25, 0.3) is 5.56 Å². The Balaban J connectivity index is 1.68. The summed E-state index contributed by atoms with van der Waals surface area (Å²) in [7, 11) is 3.66. The number of aromatic nitrogens is 4. The Kier molecular flexibility index (Phi) is 5.23. The van der Waals surface area contributed by atoms with Crippen LogP contribution in [0.4, 0.5) is 11.5 Å². The van der Waals surface area contributed by atoms with E-state index in [1.165, 1.54) is 6.92 Å². The average Bonchev–Trinajstić information content (AvgIpc) is 3.32. The molecule has 1 saturated heterocycles. The number of ether oxygens (including phenoxy) is 1. The van der Waals surface area contributed by atoms with Crippen molar-refractivity contribution in [1.29, 1.82) is 0 Å². The molecule has 0 aromatic carbocycles. The molecule has 2 aliphatic rings. The van der Waals surface area contributed by atoms with Gasteiger partial charge in [0.2, 0.25) is 5.91 Å². The van der Waals surface area contributed by atoms with E-state index in [1.54, 1.807) is 18.0 Å². The van der Waals surface area contributed by atoms with Crippen LogP contribution in [0.3, 0.4) is 0 Å². The lowest BCUT2D eigenvalue weighted by Crippen LogP contribution is -2.54. The van der Waals surface area contributed by atoms with Crippen LogP contribution >= 0.6 is 0 Å². The molecule has 9 nitrogen and oxygen atoms in total. The van der Waals surface area contributed by atoms with Crippen molar-refractivity contribution in [2.24, 2.45) is 7.05 Å². The molecule has 1 saturated carbocycles. The van der Waals surface area contributed by atoms with Gasteiger partial charge in [-0.25, -0.2) is 9.67 Å². The van der Waals surface area contributed by atoms with Gasteiger partial charge in [-0.3, -0.25) is 9.59 Å². The maximum absolute atomic E-state index is 13.6. The van der Waals surface area contributed by atoms with Crippen LogP contribution in [0.25, 0.3) is 22.2 Å². The first-order chi connectivity index (χ1) is 15.8. The smallest absolute Gasteiger partial charge is 0.290 e. The van der Waals surface area contributed by atoms with E-state index in [0.717, 1.165) is 47.8 Å². The van der Waals surface area contributed by atoms with Crippen molar-refractivity contribution in [2.75, 3.05) is 30.4 Å². The van der Waals surface area contributed by atoms with E-state index in [4.69, 9.17) is 9.84 Å². The standard InChI is InChI=1S/C24H30N6O3/c1-15(31)26-22-9-17-18(14-28(3)21(17)11-25-22)19-10-20(29-12-16(13-29)33-4)23(32)30(27-19)24(2)7-5-6-8-24/h9-11,14,16H,5-8,12-13H2,1-4H3,(H,25,26,31). The third kappa shape index (κ3) is 3.70. The van der Waals surface area contributed by atoms with Crippen molar-refractivity contribution in [3.05, 3.63) is 34.9 Å². The molecule has 0 spiro atoms. The van der Waals surface area contributed by atoms with Gasteiger partial charge < -0.3 is 19.5 Å². The predicted molar refractivity (Wildman–Crippen MR) is 128 cm³/mol. The van der Waals surface area contributed by atoms with E-state index in [1.807, 2.05) is 29.9 Å². The highest BCUT2D eigenvalue weighted by Crippen LogP contribution is 2.37. The van der Waals surface area contributed by atoms with Crippen LogP contribution in [-0.2, 0) is 22.1 Å². The zero-order valence-electron chi connectivity index (χ0n) is 19.6. The molecule has 2 fully saturated rings. The number of fused-ring (bicyclic) bond motifs is 1. The van der Waals surface area contributed by atoms with E-state index in [9.17, 15) is 9.59 Å². The number of aryl methyl sites for hydroxylation is 1. The normalized spacial score (nSPS) is 18.0. The molecular weight excluding hydrogens is 420 g/mol. The number of pyridine rings is 1. The monoisotopic (exact) mass is 450 g/mol. The van der Waals surface area contributed by atoms with Gasteiger partial charge in [0.1, 0.15) is 11.5 Å². The Morgan fingerprint density at radius 2 is 1.97 bits per heavy atom. The first kappa shape index (κ1) is 21.6. The Labute approximate surface area is 192 Å². The molecule has 174 valence electrons. The Morgan fingerprint density at radius 1 is 1.24 bits per heavy atom. The molecule has 3 aromatic heterocycles. The Hall–Kier alpha value is -3.20. The second kappa shape index (κ2) is 7.98. The lowest BCUT2D eigenvalue weighted by atomic mass is 10.0. The summed E-state index contributed by atoms with van der Waals surface area (Å²) in [5.74, 6) is 0.317. The van der Waals surface area contributed by atoms with Gasteiger partial charge in [0, 0.05) is 51.3 Å². The SMILES string of the molecule is COC1CN(c2cc(-c3cn(C)c4cnc(NC(C)=O)cc34)nn(C3(C)CCCC3)c2=O)C1. The molecule has 0 atom stereocenters. The minimum Gasteiger partial charge on any atom is -0.378 e. The van der Waals surface area contributed by atoms with Crippen LogP contribution in [0.15, 0.2) is 29.3 Å². The molecule has 1 aliphatic heterocycles. The van der Waals surface area contributed by atoms with Crippen molar-refractivity contribution < 1.29 is 9.53 Å². The van der Waals surface area contributed by atoms with Crippen molar-refractivity contribution in [2.45, 2.75) is 51.2 Å². The van der Waals surface area contributed by atoms with E-state index >= 15 is 0 Å². The van der Waals surface area contributed by atoms with Crippen molar-refractivity contribution in [3.8, 4) is 11.3 Å². The highest BCUT2D eigenvalue weighted by Gasteiger charge is 2.36. The predicted octanol–water partition coefficient (Wildman–Crippen LogP) is 2.88. The fourth-order valence-corrected chi connectivity index (χ4v) is 5.07. The van der Waals surface area contributed by atoms with Gasteiger partial charge in [-0.05, 0) is 31.9 Å². The van der Waals surface area contributed by atoms with Gasteiger partial charge in [0.05, 0.1) is 29.1 Å². The Bertz CT molecular complexity index is 1280. The third-order valence-corrected chi connectivity index (χ3v) is 7.06. The zero-order chi connectivity index (χ0) is 23.3. The minimum absolute atomic E-state index is 0.0430. The maximum Gasteiger partial charge on any atom is 0.290 e. The van der Waals surface area contributed by atoms with Gasteiger partial charge in [0.15, 0.2) is 0 Å². The molecule has 0 bridgehead atoms. The van der Waals surface area contributed by atoms with E-state index in [0.29, 0.717) is 24.6 Å². The largest absolute Gasteiger partial charge is 0.378 e. The summed E-state index contributed by atoms with van der Waals surface area (Å²) in [6, 6.07) is 3.76. The molecule has 0 radical (unpaired) electrons. The number of amides is 1. The summed E-state index contributed by atoms with van der Waals surface area (Å²) in [5, 5.41) is 8.60. The quantitative estimate of drug-likeness (QED) is 0.642. The number of nitrogens with zero attached hydrogens (tertiary/aromatic N) is 5. The van der Waals surface area contributed by atoms with Gasteiger partial charge in [-0.1, -0.05) is 12.8 Å². The van der Waals surface area contributed by atoms with Crippen LogP contribution in [-0.4, -0.2) is 51.5 Å². The summed E-state index contributed by atoms with van der Waals surface area (Å²) in [4.78, 5) is 31.6. The number of hydrogen-bond acceptors (Lipinski definition) is 6. The first-order valence-corrected chi connectivity index (χ1v) is 11.4. The van der Waals surface area contributed by atoms with E-state index < -0.39 is 0 Å². The summed E-state index contributed by atoms with van der Waals surface area (Å²) in [6.45, 7) is 4.98. The molecule has 1 amide bonds. The van der Waals surface area contributed by atoms with Crippen LogP contribution in [0, 0.1) is 0 Å². The molecule has 1 N–H and O–H groups in total. The number of rotatable bonds is 5. The number of carbonyl (C=O) groups is 1. The van der Waals surface area contributed by atoms with Gasteiger partial charge in [-0.2, -0.15) is 5.10 Å². The van der Waals surface area contributed by atoms with Crippen LogP contribution in [0.2, 0.25) is 0 Å². The van der Waals surface area contributed by atoms with E-state index in [2.05, 4.69) is 22.1 Å². The van der Waals surface area contributed by atoms with Gasteiger partial charge >= 0.3 is 0 Å². The topological polar surface area (TPSA) is 94.3 Å². The molecule has 9 heteroatoms. The third-order valence-electron chi connectivity index (χ3n) is 7.06. The fraction of sp³-hybridized carbons (Fsp3) is 0.500. The number of carbonyl (C=O) groups excluding carboxylic acids is 1. The van der Waals surface area contributed by atoms with E-state index in [-0.39, 0.29) is 23.1 Å². The second-order valence-electron chi connectivity index (χ2n) is 9.52. The van der Waals surface area contributed by atoms with Crippen molar-refractivity contribution in [1.82, 2.24) is 19.3 Å². The molecular formula is C24H30N6O3. The molecule has 5 rings (SSSR count). The van der Waals surface area contributed by atoms with Crippen LogP contribution < -0.4 is 15.8 Å². The highest BCUT2D eigenvalue weighted by molar-refractivity contribution is 5.98. The van der Waals surface area contributed by atoms with Crippen molar-refractivity contribution in [3.63, 3.8) is 0 Å². The fourth-order valence-electron chi connectivity index (χ4n) is 5.07. The molecule has 33 heavy (non-hydrogen) atoms. The second-order valence-corrected chi connectivity index (χ2v) is 9.52. The van der Waals surface area contributed by atoms with Crippen molar-refractivity contribution >= 4 is 28.3 Å². The highest BCUT2D eigenvalue weighted by atomic mass is 16.5. The molecule has 1 aliphatic carbocycles. The summed E-state index contributed by atoms with van der Waals surface area (Å²) >= 11 is 0. The van der Waals surface area contributed by atoms with Crippen LogP contribution in [0.1, 0.15) is 39.5 Å². The number of methoxy groups -OCH3 is 1. The number of hydrogen-bond donors (Lipinski definition) is 1. The lowest BCUT2D eigenvalue weighted by Gasteiger charge is -2.40. The van der Waals surface area contributed by atoms with Crippen LogP contribution in [0.5, 0.6) is 0 Å². The summed E-state index contributed by atoms with van der Waals surface area (Å²) in [5.41, 5.74) is 2.90. The Morgan fingerprint density at radius 3 is 2.64 bits per heavy atom. The maximum atomic E-state index is 13.6. The summed E-state index contributed by atoms with van der Waals surface area (Å²) in [6.07, 6.45) is 7.97. The summed E-state index contributed by atoms with van der Waals surface area (Å²) < 4.78 is 9.15. The molecule has 3 aromatic rings. The zero-order valence-corrected chi connectivity index (χ0v) is 19.6. The number of nitrogens with one attached hydrogen (secondary N) is 1. The average molecular weight is 451 g/mol. The molecule has 0 unspecified atom stereocenters. The number of anilines is 2.